The third kappa shape index (κ3) is 3.87. The lowest BCUT2D eigenvalue weighted by Crippen LogP contribution is -2.08. The first-order chi connectivity index (χ1) is 15.2. The molecule has 0 amide bonds. The lowest BCUT2D eigenvalue weighted by atomic mass is 10.1. The van der Waals surface area contributed by atoms with Gasteiger partial charge in [0, 0.05) is 17.5 Å². The number of nitrogens with two attached hydrogens (primary N) is 1. The molecule has 3 N–H and O–H groups in total. The van der Waals surface area contributed by atoms with Gasteiger partial charge < -0.3 is 11.1 Å². The summed E-state index contributed by atoms with van der Waals surface area (Å²) >= 11 is 1.63. The van der Waals surface area contributed by atoms with Crippen molar-refractivity contribution in [2.75, 3.05) is 17.6 Å². The van der Waals surface area contributed by atoms with Gasteiger partial charge in [-0.05, 0) is 48.1 Å². The quantitative estimate of drug-likeness (QED) is 0.395. The van der Waals surface area contributed by atoms with E-state index in [1.165, 1.54) is 5.56 Å². The van der Waals surface area contributed by atoms with E-state index in [1.54, 1.807) is 16.0 Å². The topological polar surface area (TPSA) is 81.7 Å². The predicted molar refractivity (Wildman–Crippen MR) is 128 cm³/mol. The molecule has 0 unspecified atom stereocenters. The van der Waals surface area contributed by atoms with Crippen molar-refractivity contribution in [2.45, 2.75) is 13.3 Å². The van der Waals surface area contributed by atoms with Gasteiger partial charge in [0.25, 0.3) is 0 Å². The minimum absolute atomic E-state index is 0.539. The Morgan fingerprint density at radius 1 is 1.03 bits per heavy atom. The summed E-state index contributed by atoms with van der Waals surface area (Å²) in [5.41, 5.74) is 12.3. The summed E-state index contributed by atoms with van der Waals surface area (Å²) in [4.78, 5) is 9.49. The number of rotatable bonds is 6. The average Bonchev–Trinajstić information content (AvgIpc) is 3.43. The molecule has 0 bridgehead atoms. The highest BCUT2D eigenvalue weighted by molar-refractivity contribution is 7.08. The largest absolute Gasteiger partial charge is 0.383 e. The highest BCUT2D eigenvalue weighted by atomic mass is 32.1. The van der Waals surface area contributed by atoms with Crippen LogP contribution in [0.25, 0.3) is 28.0 Å². The first-order valence-corrected chi connectivity index (χ1v) is 11.1. The number of aromatic nitrogens is 4. The molecule has 3 aromatic heterocycles. The number of thiophene rings is 1. The Kier molecular flexibility index (Phi) is 5.09. The number of aryl methyl sites for hydroxylation is 1. The van der Waals surface area contributed by atoms with E-state index in [-0.39, 0.29) is 0 Å². The van der Waals surface area contributed by atoms with Crippen molar-refractivity contribution in [1.29, 1.82) is 0 Å². The molecule has 0 spiro atoms. The molecule has 6 nitrogen and oxygen atoms in total. The monoisotopic (exact) mass is 426 g/mol. The number of nitrogen functional groups attached to an aromatic ring is 1. The van der Waals surface area contributed by atoms with E-state index < -0.39 is 0 Å². The predicted octanol–water partition coefficient (Wildman–Crippen LogP) is 5.09. The van der Waals surface area contributed by atoms with Gasteiger partial charge in [0.15, 0.2) is 5.65 Å². The van der Waals surface area contributed by atoms with Crippen LogP contribution in [0, 0.1) is 6.92 Å². The lowest BCUT2D eigenvalue weighted by molar-refractivity contribution is 0.897. The molecular weight excluding hydrogens is 404 g/mol. The summed E-state index contributed by atoms with van der Waals surface area (Å²) in [6.45, 7) is 2.78. The molecule has 154 valence electrons. The van der Waals surface area contributed by atoms with Gasteiger partial charge >= 0.3 is 0 Å². The molecule has 0 radical (unpaired) electrons. The van der Waals surface area contributed by atoms with Crippen LogP contribution in [0.4, 0.5) is 11.8 Å². The maximum Gasteiger partial charge on any atom is 0.225 e. The van der Waals surface area contributed by atoms with E-state index in [9.17, 15) is 0 Å². The third-order valence-corrected chi connectivity index (χ3v) is 5.83. The molecule has 0 aliphatic rings. The Morgan fingerprint density at radius 2 is 1.90 bits per heavy atom. The molecule has 3 heterocycles. The molecule has 5 rings (SSSR count). The van der Waals surface area contributed by atoms with Gasteiger partial charge in [0.1, 0.15) is 5.82 Å². The minimum atomic E-state index is 0.539. The second-order valence-corrected chi connectivity index (χ2v) is 8.18. The lowest BCUT2D eigenvalue weighted by Gasteiger charge is -2.08. The van der Waals surface area contributed by atoms with Crippen LogP contribution in [0.2, 0.25) is 0 Å². The summed E-state index contributed by atoms with van der Waals surface area (Å²) in [5, 5.41) is 13.0. The Balaban J connectivity index is 1.55. The van der Waals surface area contributed by atoms with Crippen LogP contribution < -0.4 is 11.1 Å². The van der Waals surface area contributed by atoms with Gasteiger partial charge in [-0.25, -0.2) is 9.67 Å². The molecule has 0 fully saturated rings. The fourth-order valence-corrected chi connectivity index (χ4v) is 4.26. The Hall–Kier alpha value is -3.71. The molecule has 0 saturated heterocycles. The van der Waals surface area contributed by atoms with Crippen molar-refractivity contribution in [3.8, 4) is 16.9 Å². The van der Waals surface area contributed by atoms with E-state index in [2.05, 4.69) is 33.9 Å². The molecule has 31 heavy (non-hydrogen) atoms. The number of hydrogen-bond acceptors (Lipinski definition) is 6. The molecule has 0 aliphatic carbocycles. The van der Waals surface area contributed by atoms with Crippen molar-refractivity contribution >= 4 is 34.1 Å². The smallest absolute Gasteiger partial charge is 0.225 e. The van der Waals surface area contributed by atoms with Crippen molar-refractivity contribution in [3.63, 3.8) is 0 Å². The van der Waals surface area contributed by atoms with Gasteiger partial charge in [0.05, 0.1) is 16.8 Å². The minimum Gasteiger partial charge on any atom is -0.383 e. The van der Waals surface area contributed by atoms with Crippen LogP contribution in [0.3, 0.4) is 0 Å². The summed E-state index contributed by atoms with van der Waals surface area (Å²) in [7, 11) is 0. The number of nitrogens with zero attached hydrogens (tertiary/aromatic N) is 4. The number of fused-ring (bicyclic) bond motifs is 1. The van der Waals surface area contributed by atoms with Crippen LogP contribution in [-0.2, 0) is 6.42 Å². The SMILES string of the molecule is Cc1cccc(-n2nc3nc(NCCc4ccccc4)nc(-c4ccsc4)c3c2N)c1. The van der Waals surface area contributed by atoms with Crippen LogP contribution >= 0.6 is 11.3 Å². The molecule has 0 aliphatic heterocycles. The Labute approximate surface area is 184 Å². The van der Waals surface area contributed by atoms with Crippen molar-refractivity contribution in [1.82, 2.24) is 19.7 Å². The maximum atomic E-state index is 6.56. The summed E-state index contributed by atoms with van der Waals surface area (Å²) < 4.78 is 1.75. The number of anilines is 2. The van der Waals surface area contributed by atoms with E-state index in [1.807, 2.05) is 54.8 Å². The number of nitrogens with one attached hydrogen (secondary N) is 1. The zero-order chi connectivity index (χ0) is 21.2. The van der Waals surface area contributed by atoms with E-state index in [0.29, 0.717) is 17.4 Å². The average molecular weight is 427 g/mol. The standard InChI is InChI=1S/C24H22N6S/c1-16-6-5-9-19(14-16)30-22(25)20-21(18-11-13-31-15-18)27-24(28-23(20)29-30)26-12-10-17-7-3-2-4-8-17/h2-9,11,13-15H,10,12,25H2,1H3,(H,26,28,29). The summed E-state index contributed by atoms with van der Waals surface area (Å²) in [6.07, 6.45) is 0.885. The highest BCUT2D eigenvalue weighted by Crippen LogP contribution is 2.33. The molecule has 2 aromatic carbocycles. The highest BCUT2D eigenvalue weighted by Gasteiger charge is 2.19. The van der Waals surface area contributed by atoms with Crippen LogP contribution in [0.5, 0.6) is 0 Å². The van der Waals surface area contributed by atoms with Gasteiger partial charge in [-0.15, -0.1) is 5.10 Å². The van der Waals surface area contributed by atoms with Crippen molar-refractivity contribution in [3.05, 3.63) is 82.6 Å². The summed E-state index contributed by atoms with van der Waals surface area (Å²) in [5.74, 6) is 1.09. The number of hydrogen-bond donors (Lipinski definition) is 2. The van der Waals surface area contributed by atoms with Crippen molar-refractivity contribution < 1.29 is 0 Å². The Morgan fingerprint density at radius 3 is 2.68 bits per heavy atom. The maximum absolute atomic E-state index is 6.56. The Bertz CT molecular complexity index is 1330. The van der Waals surface area contributed by atoms with E-state index >= 15 is 0 Å². The zero-order valence-corrected chi connectivity index (χ0v) is 17.9. The van der Waals surface area contributed by atoms with Gasteiger partial charge in [0.2, 0.25) is 5.95 Å². The third-order valence-electron chi connectivity index (χ3n) is 5.15. The van der Waals surface area contributed by atoms with Crippen LogP contribution in [-0.4, -0.2) is 26.3 Å². The van der Waals surface area contributed by atoms with Gasteiger partial charge in [-0.2, -0.15) is 16.3 Å². The fourth-order valence-electron chi connectivity index (χ4n) is 3.62. The molecule has 0 atom stereocenters. The molecular formula is C24H22N6S. The second-order valence-electron chi connectivity index (χ2n) is 7.40. The number of benzene rings is 2. The van der Waals surface area contributed by atoms with E-state index in [4.69, 9.17) is 15.8 Å². The first-order valence-electron chi connectivity index (χ1n) is 10.1. The molecule has 0 saturated carbocycles. The van der Waals surface area contributed by atoms with Gasteiger partial charge in [-0.3, -0.25) is 0 Å². The normalized spacial score (nSPS) is 11.1. The van der Waals surface area contributed by atoms with Gasteiger partial charge in [-0.1, -0.05) is 42.5 Å². The zero-order valence-electron chi connectivity index (χ0n) is 17.1. The van der Waals surface area contributed by atoms with Crippen molar-refractivity contribution in [2.24, 2.45) is 0 Å². The van der Waals surface area contributed by atoms with Crippen LogP contribution in [0.1, 0.15) is 11.1 Å². The van der Waals surface area contributed by atoms with E-state index in [0.717, 1.165) is 40.9 Å². The van der Waals surface area contributed by atoms with Crippen LogP contribution in [0.15, 0.2) is 71.4 Å². The second kappa shape index (κ2) is 8.20. The molecule has 7 heteroatoms. The molecule has 5 aromatic rings. The summed E-state index contributed by atoms with van der Waals surface area (Å²) in [6, 6.07) is 20.5. The fraction of sp³-hybridized carbons (Fsp3) is 0.125. The first kappa shape index (κ1) is 19.3.